The first-order valence-corrected chi connectivity index (χ1v) is 10.1. The summed E-state index contributed by atoms with van der Waals surface area (Å²) in [4.78, 5) is 18.0. The van der Waals surface area contributed by atoms with Gasteiger partial charge in [-0.05, 0) is 56.1 Å². The SMILES string of the molecule is O=C(CNC1CCN(CCc2c[nH]c3ccccc23)CC1)Nc1ccccc1. The summed E-state index contributed by atoms with van der Waals surface area (Å²) >= 11 is 0. The van der Waals surface area contributed by atoms with Crippen molar-refractivity contribution >= 4 is 22.5 Å². The summed E-state index contributed by atoms with van der Waals surface area (Å²) in [7, 11) is 0. The number of rotatable bonds is 7. The zero-order valence-corrected chi connectivity index (χ0v) is 16.2. The van der Waals surface area contributed by atoms with Crippen LogP contribution in [0, 0.1) is 0 Å². The van der Waals surface area contributed by atoms with Crippen molar-refractivity contribution in [1.29, 1.82) is 0 Å². The molecule has 0 bridgehead atoms. The first-order chi connectivity index (χ1) is 13.8. The average Bonchev–Trinajstić information content (AvgIpc) is 3.15. The van der Waals surface area contributed by atoms with Gasteiger partial charge in [-0.25, -0.2) is 0 Å². The molecule has 1 aliphatic heterocycles. The van der Waals surface area contributed by atoms with E-state index in [-0.39, 0.29) is 5.91 Å². The minimum absolute atomic E-state index is 0.0213. The molecule has 2 heterocycles. The van der Waals surface area contributed by atoms with Gasteiger partial charge in [0.25, 0.3) is 0 Å². The summed E-state index contributed by atoms with van der Waals surface area (Å²) < 4.78 is 0. The van der Waals surface area contributed by atoms with Crippen molar-refractivity contribution in [2.45, 2.75) is 25.3 Å². The van der Waals surface area contributed by atoms with Crippen molar-refractivity contribution in [3.05, 3.63) is 66.4 Å². The van der Waals surface area contributed by atoms with E-state index in [2.05, 4.69) is 51.0 Å². The highest BCUT2D eigenvalue weighted by Gasteiger charge is 2.19. The van der Waals surface area contributed by atoms with Crippen LogP contribution in [0.3, 0.4) is 0 Å². The molecule has 0 spiro atoms. The Morgan fingerprint density at radius 3 is 2.61 bits per heavy atom. The van der Waals surface area contributed by atoms with Gasteiger partial charge in [-0.1, -0.05) is 36.4 Å². The van der Waals surface area contributed by atoms with E-state index in [1.54, 1.807) is 0 Å². The molecule has 0 unspecified atom stereocenters. The van der Waals surface area contributed by atoms with Gasteiger partial charge in [0.05, 0.1) is 6.54 Å². The molecule has 2 aromatic carbocycles. The summed E-state index contributed by atoms with van der Waals surface area (Å²) in [5.41, 5.74) is 3.46. The number of likely N-dealkylation sites (tertiary alicyclic amines) is 1. The Balaban J connectivity index is 1.17. The lowest BCUT2D eigenvalue weighted by Gasteiger charge is -2.32. The van der Waals surface area contributed by atoms with Crippen molar-refractivity contribution in [1.82, 2.24) is 15.2 Å². The number of hydrogen-bond acceptors (Lipinski definition) is 3. The summed E-state index contributed by atoms with van der Waals surface area (Å²) in [5.74, 6) is 0.0213. The molecule has 3 N–H and O–H groups in total. The van der Waals surface area contributed by atoms with Crippen molar-refractivity contribution < 1.29 is 4.79 Å². The zero-order valence-electron chi connectivity index (χ0n) is 16.2. The highest BCUT2D eigenvalue weighted by Crippen LogP contribution is 2.19. The predicted octanol–water partition coefficient (Wildman–Crippen LogP) is 3.40. The molecule has 1 aromatic heterocycles. The number of benzene rings is 2. The van der Waals surface area contributed by atoms with E-state index in [0.717, 1.165) is 44.6 Å². The molecule has 0 saturated carbocycles. The highest BCUT2D eigenvalue weighted by molar-refractivity contribution is 5.92. The lowest BCUT2D eigenvalue weighted by Crippen LogP contribution is -2.45. The number of aromatic nitrogens is 1. The van der Waals surface area contributed by atoms with Crippen LogP contribution in [0.1, 0.15) is 18.4 Å². The molecule has 1 saturated heterocycles. The molecule has 0 aliphatic carbocycles. The molecule has 0 atom stereocenters. The van der Waals surface area contributed by atoms with E-state index < -0.39 is 0 Å². The molecule has 4 rings (SSSR count). The number of amides is 1. The number of para-hydroxylation sites is 2. The molecule has 1 fully saturated rings. The van der Waals surface area contributed by atoms with Crippen molar-refractivity contribution in [3.8, 4) is 0 Å². The van der Waals surface area contributed by atoms with E-state index in [0.29, 0.717) is 12.6 Å². The van der Waals surface area contributed by atoms with Gasteiger partial charge in [-0.2, -0.15) is 0 Å². The normalized spacial score (nSPS) is 15.7. The van der Waals surface area contributed by atoms with E-state index in [9.17, 15) is 4.79 Å². The maximum atomic E-state index is 12.1. The number of hydrogen-bond donors (Lipinski definition) is 3. The second kappa shape index (κ2) is 9.04. The Kier molecular flexibility index (Phi) is 6.04. The van der Waals surface area contributed by atoms with E-state index in [4.69, 9.17) is 0 Å². The van der Waals surface area contributed by atoms with Gasteiger partial charge in [0, 0.05) is 35.4 Å². The van der Waals surface area contributed by atoms with Crippen LogP contribution in [0.15, 0.2) is 60.8 Å². The standard InChI is InChI=1S/C23H28N4O/c28-23(26-20-6-2-1-3-7-20)17-24-19-11-14-27(15-12-19)13-10-18-16-25-22-9-5-4-8-21(18)22/h1-9,16,19,24-25H,10-15,17H2,(H,26,28). The van der Waals surface area contributed by atoms with Crippen LogP contribution in [-0.4, -0.2) is 48.0 Å². The quantitative estimate of drug-likeness (QED) is 0.592. The van der Waals surface area contributed by atoms with E-state index in [1.807, 2.05) is 30.3 Å². The first kappa shape index (κ1) is 18.7. The third kappa shape index (κ3) is 4.80. The second-order valence-electron chi connectivity index (χ2n) is 7.52. The minimum Gasteiger partial charge on any atom is -0.361 e. The lowest BCUT2D eigenvalue weighted by atomic mass is 10.0. The fourth-order valence-corrected chi connectivity index (χ4v) is 3.94. The highest BCUT2D eigenvalue weighted by atomic mass is 16.1. The fraction of sp³-hybridized carbons (Fsp3) is 0.348. The molecule has 3 aromatic rings. The molecule has 28 heavy (non-hydrogen) atoms. The Hall–Kier alpha value is -2.63. The second-order valence-corrected chi connectivity index (χ2v) is 7.52. The topological polar surface area (TPSA) is 60.2 Å². The Morgan fingerprint density at radius 2 is 1.79 bits per heavy atom. The number of fused-ring (bicyclic) bond motifs is 1. The zero-order chi connectivity index (χ0) is 19.2. The van der Waals surface area contributed by atoms with Crippen LogP contribution >= 0.6 is 0 Å². The summed E-state index contributed by atoms with van der Waals surface area (Å²) in [6.45, 7) is 3.62. The molecule has 1 aliphatic rings. The lowest BCUT2D eigenvalue weighted by molar-refractivity contribution is -0.115. The number of anilines is 1. The van der Waals surface area contributed by atoms with Crippen LogP contribution < -0.4 is 10.6 Å². The fourth-order valence-electron chi connectivity index (χ4n) is 3.94. The third-order valence-electron chi connectivity index (χ3n) is 5.57. The van der Waals surface area contributed by atoms with E-state index >= 15 is 0 Å². The van der Waals surface area contributed by atoms with Gasteiger partial charge in [0.1, 0.15) is 0 Å². The summed E-state index contributed by atoms with van der Waals surface area (Å²) in [6.07, 6.45) is 5.39. The Labute approximate surface area is 166 Å². The van der Waals surface area contributed by atoms with Gasteiger partial charge in [0.2, 0.25) is 5.91 Å². The molecule has 0 radical (unpaired) electrons. The van der Waals surface area contributed by atoms with Crippen molar-refractivity contribution in [3.63, 3.8) is 0 Å². The van der Waals surface area contributed by atoms with Crippen LogP contribution in [0.4, 0.5) is 5.69 Å². The maximum absolute atomic E-state index is 12.1. The number of nitrogens with one attached hydrogen (secondary N) is 3. The van der Waals surface area contributed by atoms with Crippen LogP contribution in [0.5, 0.6) is 0 Å². The predicted molar refractivity (Wildman–Crippen MR) is 115 cm³/mol. The molecule has 1 amide bonds. The number of H-pyrrole nitrogens is 1. The Morgan fingerprint density at radius 1 is 1.04 bits per heavy atom. The molecule has 5 nitrogen and oxygen atoms in total. The molecule has 5 heteroatoms. The largest absolute Gasteiger partial charge is 0.361 e. The van der Waals surface area contributed by atoms with Crippen LogP contribution in [-0.2, 0) is 11.2 Å². The smallest absolute Gasteiger partial charge is 0.238 e. The maximum Gasteiger partial charge on any atom is 0.238 e. The first-order valence-electron chi connectivity index (χ1n) is 10.1. The summed E-state index contributed by atoms with van der Waals surface area (Å²) in [5, 5.41) is 7.67. The monoisotopic (exact) mass is 376 g/mol. The van der Waals surface area contributed by atoms with Gasteiger partial charge in [0.15, 0.2) is 0 Å². The number of aromatic amines is 1. The number of carbonyl (C=O) groups is 1. The third-order valence-corrected chi connectivity index (χ3v) is 5.57. The number of nitrogens with zero attached hydrogens (tertiary/aromatic N) is 1. The average molecular weight is 377 g/mol. The Bertz CT molecular complexity index is 897. The van der Waals surface area contributed by atoms with Gasteiger partial charge in [-0.15, -0.1) is 0 Å². The minimum atomic E-state index is 0.0213. The summed E-state index contributed by atoms with van der Waals surface area (Å²) in [6, 6.07) is 18.5. The van der Waals surface area contributed by atoms with Crippen molar-refractivity contribution in [2.75, 3.05) is 31.5 Å². The van der Waals surface area contributed by atoms with Crippen LogP contribution in [0.25, 0.3) is 10.9 Å². The molecular formula is C23H28N4O. The number of carbonyl (C=O) groups excluding carboxylic acids is 1. The van der Waals surface area contributed by atoms with Gasteiger partial charge in [-0.3, -0.25) is 4.79 Å². The number of piperidine rings is 1. The molecule has 146 valence electrons. The van der Waals surface area contributed by atoms with Gasteiger partial charge < -0.3 is 20.5 Å². The van der Waals surface area contributed by atoms with E-state index in [1.165, 1.54) is 16.5 Å². The van der Waals surface area contributed by atoms with Crippen LogP contribution in [0.2, 0.25) is 0 Å². The molecular weight excluding hydrogens is 348 g/mol. The van der Waals surface area contributed by atoms with Gasteiger partial charge >= 0.3 is 0 Å². The van der Waals surface area contributed by atoms with Crippen molar-refractivity contribution in [2.24, 2.45) is 0 Å².